The Labute approximate surface area is 182 Å². The average molecular weight is 535 g/mol. The Bertz CT molecular complexity index is 759. The maximum absolute atomic E-state index is 12.8. The maximum Gasteiger partial charge on any atom is 0.387 e. The fourth-order valence-corrected chi connectivity index (χ4v) is 2.35. The van der Waals surface area contributed by atoms with Crippen molar-refractivity contribution < 1.29 is 26.7 Å². The van der Waals surface area contributed by atoms with Crippen molar-refractivity contribution >= 4 is 39.8 Å². The highest BCUT2D eigenvalue weighted by atomic mass is 127. The van der Waals surface area contributed by atoms with E-state index in [4.69, 9.17) is 4.74 Å². The lowest BCUT2D eigenvalue weighted by Gasteiger charge is -2.24. The molecule has 2 N–H and O–H groups in total. The molecule has 0 unspecified atom stereocenters. The molecule has 0 radical (unpaired) electrons. The number of benzene rings is 1. The molecule has 162 valence electrons. The molecular formula is C17H28F2IN3O4S. The van der Waals surface area contributed by atoms with E-state index in [0.717, 1.165) is 6.26 Å². The Balaban J connectivity index is 0.00000729. The van der Waals surface area contributed by atoms with Crippen LogP contribution in [0.4, 0.5) is 8.78 Å². The second kappa shape index (κ2) is 11.6. The van der Waals surface area contributed by atoms with Crippen molar-refractivity contribution in [3.05, 3.63) is 23.8 Å². The van der Waals surface area contributed by atoms with Crippen molar-refractivity contribution in [3.8, 4) is 11.5 Å². The summed E-state index contributed by atoms with van der Waals surface area (Å²) in [6.45, 7) is 2.52. The molecule has 0 aromatic heterocycles. The van der Waals surface area contributed by atoms with E-state index in [-0.39, 0.29) is 48.6 Å². The predicted octanol–water partition coefficient (Wildman–Crippen LogP) is 2.79. The third kappa shape index (κ3) is 7.94. The number of nitrogens with zero attached hydrogens (tertiary/aromatic N) is 1. The first-order valence-electron chi connectivity index (χ1n) is 8.35. The normalized spacial score (nSPS) is 12.4. The number of nitrogens with one attached hydrogen (secondary N) is 2. The van der Waals surface area contributed by atoms with Crippen molar-refractivity contribution in [1.82, 2.24) is 10.6 Å². The SMILES string of the molecule is CCOc1cccc(CNC(=NC)NCC(C)(C)S(C)(=O)=O)c1OC(F)F.I. The number of halogens is 3. The molecule has 0 bridgehead atoms. The number of rotatable bonds is 9. The number of hydrogen-bond donors (Lipinski definition) is 2. The zero-order valence-corrected chi connectivity index (χ0v) is 19.7. The number of guanidine groups is 1. The highest BCUT2D eigenvalue weighted by Crippen LogP contribution is 2.32. The summed E-state index contributed by atoms with van der Waals surface area (Å²) >= 11 is 0. The van der Waals surface area contributed by atoms with Crippen LogP contribution < -0.4 is 20.1 Å². The standard InChI is InChI=1S/C17H27F2N3O4S.HI/c1-6-25-13-9-7-8-12(14(13)26-15(18)19)10-21-16(20-4)22-11-17(2,3)27(5,23)24;/h7-9,15H,6,10-11H2,1-5H3,(H2,20,21,22);1H. The van der Waals surface area contributed by atoms with Gasteiger partial charge in [-0.05, 0) is 26.8 Å². The van der Waals surface area contributed by atoms with E-state index in [1.165, 1.54) is 7.05 Å². The Hall–Kier alpha value is -1.37. The first-order chi connectivity index (χ1) is 12.5. The molecule has 1 aromatic carbocycles. The van der Waals surface area contributed by atoms with Gasteiger partial charge in [0, 0.05) is 32.0 Å². The molecule has 7 nitrogen and oxygen atoms in total. The third-order valence-electron chi connectivity index (χ3n) is 3.92. The third-order valence-corrected chi connectivity index (χ3v) is 6.07. The molecule has 1 aromatic rings. The number of alkyl halides is 2. The monoisotopic (exact) mass is 535 g/mol. The van der Waals surface area contributed by atoms with Gasteiger partial charge in [0.05, 0.1) is 11.4 Å². The first-order valence-corrected chi connectivity index (χ1v) is 10.2. The quantitative estimate of drug-likeness (QED) is 0.287. The highest BCUT2D eigenvalue weighted by Gasteiger charge is 2.30. The molecule has 28 heavy (non-hydrogen) atoms. The van der Waals surface area contributed by atoms with Gasteiger partial charge in [0.1, 0.15) is 0 Å². The Morgan fingerprint density at radius 2 is 1.93 bits per heavy atom. The summed E-state index contributed by atoms with van der Waals surface area (Å²) < 4.78 is 58.0. The summed E-state index contributed by atoms with van der Waals surface area (Å²) in [6, 6.07) is 4.84. The number of aliphatic imine (C=N–C) groups is 1. The molecule has 0 spiro atoms. The Morgan fingerprint density at radius 1 is 1.29 bits per heavy atom. The van der Waals surface area contributed by atoms with Crippen LogP contribution in [0.5, 0.6) is 11.5 Å². The van der Waals surface area contributed by atoms with Crippen molar-refractivity contribution in [2.24, 2.45) is 4.99 Å². The van der Waals surface area contributed by atoms with Gasteiger partial charge in [0.25, 0.3) is 0 Å². The van der Waals surface area contributed by atoms with Gasteiger partial charge in [-0.1, -0.05) is 12.1 Å². The van der Waals surface area contributed by atoms with E-state index >= 15 is 0 Å². The van der Waals surface area contributed by atoms with E-state index in [0.29, 0.717) is 18.1 Å². The Morgan fingerprint density at radius 3 is 2.43 bits per heavy atom. The largest absolute Gasteiger partial charge is 0.490 e. The molecule has 0 aliphatic rings. The van der Waals surface area contributed by atoms with E-state index in [1.807, 2.05) is 0 Å². The minimum absolute atomic E-state index is 0. The minimum atomic E-state index is -3.27. The van der Waals surface area contributed by atoms with Gasteiger partial charge in [-0.25, -0.2) is 8.42 Å². The van der Waals surface area contributed by atoms with E-state index in [1.54, 1.807) is 39.0 Å². The number of para-hydroxylation sites is 1. The van der Waals surface area contributed by atoms with E-state index in [9.17, 15) is 17.2 Å². The summed E-state index contributed by atoms with van der Waals surface area (Å²) in [6.07, 6.45) is 1.16. The molecule has 1 rings (SSSR count). The van der Waals surface area contributed by atoms with E-state index in [2.05, 4.69) is 20.4 Å². The van der Waals surface area contributed by atoms with Crippen LogP contribution in [0.3, 0.4) is 0 Å². The van der Waals surface area contributed by atoms with Crippen LogP contribution in [-0.4, -0.2) is 52.2 Å². The second-order valence-corrected chi connectivity index (χ2v) is 9.02. The molecule has 0 saturated heterocycles. The molecule has 0 fully saturated rings. The van der Waals surface area contributed by atoms with Gasteiger partial charge in [0.2, 0.25) is 0 Å². The van der Waals surface area contributed by atoms with Crippen LogP contribution in [0, 0.1) is 0 Å². The molecule has 11 heteroatoms. The zero-order chi connectivity index (χ0) is 20.7. The van der Waals surface area contributed by atoms with Gasteiger partial charge in [-0.15, -0.1) is 24.0 Å². The van der Waals surface area contributed by atoms with Gasteiger partial charge in [0.15, 0.2) is 27.3 Å². The summed E-state index contributed by atoms with van der Waals surface area (Å²) in [5.41, 5.74) is 0.451. The van der Waals surface area contributed by atoms with Gasteiger partial charge < -0.3 is 20.1 Å². The number of ether oxygens (including phenoxy) is 2. The molecule has 0 aliphatic heterocycles. The summed E-state index contributed by atoms with van der Waals surface area (Å²) in [4.78, 5) is 4.02. The molecule has 0 aliphatic carbocycles. The van der Waals surface area contributed by atoms with Crippen LogP contribution in [0.2, 0.25) is 0 Å². The molecular weight excluding hydrogens is 507 g/mol. The summed E-state index contributed by atoms with van der Waals surface area (Å²) in [7, 11) is -1.75. The van der Waals surface area contributed by atoms with Gasteiger partial charge in [-0.3, -0.25) is 4.99 Å². The lowest BCUT2D eigenvalue weighted by atomic mass is 10.2. The minimum Gasteiger partial charge on any atom is -0.490 e. The van der Waals surface area contributed by atoms with Crippen LogP contribution in [-0.2, 0) is 16.4 Å². The zero-order valence-electron chi connectivity index (χ0n) is 16.6. The molecule has 0 atom stereocenters. The lowest BCUT2D eigenvalue weighted by molar-refractivity contribution is -0.0520. The Kier molecular flexibility index (Phi) is 11.0. The summed E-state index contributed by atoms with van der Waals surface area (Å²) in [5, 5.41) is 5.88. The van der Waals surface area contributed by atoms with Crippen molar-refractivity contribution in [3.63, 3.8) is 0 Å². The number of sulfone groups is 1. The smallest absolute Gasteiger partial charge is 0.387 e. The molecule has 0 heterocycles. The van der Waals surface area contributed by atoms with Crippen LogP contribution in [0.25, 0.3) is 0 Å². The predicted molar refractivity (Wildman–Crippen MR) is 117 cm³/mol. The van der Waals surface area contributed by atoms with Gasteiger partial charge >= 0.3 is 6.61 Å². The highest BCUT2D eigenvalue weighted by molar-refractivity contribution is 14.0. The second-order valence-electron chi connectivity index (χ2n) is 6.37. The first kappa shape index (κ1) is 26.6. The average Bonchev–Trinajstić information content (AvgIpc) is 2.56. The maximum atomic E-state index is 12.8. The summed E-state index contributed by atoms with van der Waals surface area (Å²) in [5.74, 6) is 0.503. The lowest BCUT2D eigenvalue weighted by Crippen LogP contribution is -2.47. The fraction of sp³-hybridized carbons (Fsp3) is 0.588. The fourth-order valence-electron chi connectivity index (χ4n) is 2.02. The van der Waals surface area contributed by atoms with E-state index < -0.39 is 21.2 Å². The van der Waals surface area contributed by atoms with Crippen LogP contribution in [0.15, 0.2) is 23.2 Å². The van der Waals surface area contributed by atoms with Crippen molar-refractivity contribution in [2.75, 3.05) is 26.5 Å². The molecule has 0 amide bonds. The van der Waals surface area contributed by atoms with Gasteiger partial charge in [-0.2, -0.15) is 8.78 Å². The topological polar surface area (TPSA) is 89.0 Å². The van der Waals surface area contributed by atoms with Crippen LogP contribution >= 0.6 is 24.0 Å². The van der Waals surface area contributed by atoms with Crippen LogP contribution in [0.1, 0.15) is 26.3 Å². The van der Waals surface area contributed by atoms with Crippen molar-refractivity contribution in [1.29, 1.82) is 0 Å². The number of hydrogen-bond acceptors (Lipinski definition) is 5. The van der Waals surface area contributed by atoms with Crippen molar-refractivity contribution in [2.45, 2.75) is 38.7 Å². The molecule has 0 saturated carbocycles.